The Bertz CT molecular complexity index is 482. The largest absolute Gasteiger partial charge is 0.388 e. The minimum Gasteiger partial charge on any atom is -0.388 e. The molecule has 2 rings (SSSR count). The summed E-state index contributed by atoms with van der Waals surface area (Å²) in [4.78, 5) is 0. The molecule has 2 N–H and O–H groups in total. The standard InChI is InChI=1S/C16H22N2O/c1-12-5-7-16(19,8-6-12)11-18-15-4-3-14(10-17)13(2)9-15/h3-4,9,12,18-19H,5-8,11H2,1-2H3. The number of hydrogen-bond donors (Lipinski definition) is 2. The molecule has 1 aromatic carbocycles. The lowest BCUT2D eigenvalue weighted by Gasteiger charge is -2.35. The summed E-state index contributed by atoms with van der Waals surface area (Å²) in [6, 6.07) is 7.86. The number of hydrogen-bond acceptors (Lipinski definition) is 3. The molecule has 1 aromatic rings. The van der Waals surface area contributed by atoms with E-state index in [4.69, 9.17) is 5.26 Å². The van der Waals surface area contributed by atoms with Crippen LogP contribution in [0.3, 0.4) is 0 Å². The molecule has 0 heterocycles. The van der Waals surface area contributed by atoms with Gasteiger partial charge in [0.15, 0.2) is 0 Å². The molecule has 3 nitrogen and oxygen atoms in total. The van der Waals surface area contributed by atoms with Gasteiger partial charge in [0.25, 0.3) is 0 Å². The van der Waals surface area contributed by atoms with Crippen LogP contribution in [0.1, 0.15) is 43.7 Å². The van der Waals surface area contributed by atoms with Crippen LogP contribution in [0.5, 0.6) is 0 Å². The SMILES string of the molecule is Cc1cc(NCC2(O)CCC(C)CC2)ccc1C#N. The van der Waals surface area contributed by atoms with Crippen LogP contribution in [0, 0.1) is 24.2 Å². The number of rotatable bonds is 3. The van der Waals surface area contributed by atoms with Gasteiger partial charge >= 0.3 is 0 Å². The fraction of sp³-hybridized carbons (Fsp3) is 0.562. The number of anilines is 1. The third kappa shape index (κ3) is 3.48. The van der Waals surface area contributed by atoms with Crippen molar-refractivity contribution in [1.82, 2.24) is 0 Å². The Balaban J connectivity index is 1.95. The molecular formula is C16H22N2O. The molecule has 0 spiro atoms. The Kier molecular flexibility index (Phi) is 4.11. The zero-order valence-electron chi connectivity index (χ0n) is 11.7. The second kappa shape index (κ2) is 5.63. The molecule has 0 aliphatic heterocycles. The van der Waals surface area contributed by atoms with Gasteiger partial charge in [-0.2, -0.15) is 5.26 Å². The van der Waals surface area contributed by atoms with Crippen molar-refractivity contribution in [2.45, 2.75) is 45.1 Å². The molecule has 0 amide bonds. The highest BCUT2D eigenvalue weighted by molar-refractivity contribution is 5.51. The molecule has 0 unspecified atom stereocenters. The van der Waals surface area contributed by atoms with Gasteiger partial charge in [-0.1, -0.05) is 6.92 Å². The van der Waals surface area contributed by atoms with Crippen molar-refractivity contribution in [3.05, 3.63) is 29.3 Å². The zero-order chi connectivity index (χ0) is 13.9. The Labute approximate surface area is 115 Å². The first-order valence-electron chi connectivity index (χ1n) is 6.99. The maximum Gasteiger partial charge on any atom is 0.0994 e. The van der Waals surface area contributed by atoms with E-state index in [0.29, 0.717) is 12.1 Å². The number of aryl methyl sites for hydroxylation is 1. The average molecular weight is 258 g/mol. The third-order valence-corrected chi connectivity index (χ3v) is 4.17. The average Bonchev–Trinajstić information content (AvgIpc) is 2.41. The predicted octanol–water partition coefficient (Wildman–Crippen LogP) is 3.22. The summed E-state index contributed by atoms with van der Waals surface area (Å²) in [6.07, 6.45) is 3.95. The van der Waals surface area contributed by atoms with E-state index in [0.717, 1.165) is 42.9 Å². The Morgan fingerprint density at radius 1 is 1.42 bits per heavy atom. The molecule has 1 aliphatic rings. The van der Waals surface area contributed by atoms with E-state index in [-0.39, 0.29) is 0 Å². The van der Waals surface area contributed by atoms with Crippen molar-refractivity contribution in [3.8, 4) is 6.07 Å². The van der Waals surface area contributed by atoms with Crippen molar-refractivity contribution >= 4 is 5.69 Å². The summed E-state index contributed by atoms with van der Waals surface area (Å²) >= 11 is 0. The van der Waals surface area contributed by atoms with Gasteiger partial charge in [-0.25, -0.2) is 0 Å². The monoisotopic (exact) mass is 258 g/mol. The van der Waals surface area contributed by atoms with Crippen LogP contribution in [0.4, 0.5) is 5.69 Å². The van der Waals surface area contributed by atoms with E-state index in [1.54, 1.807) is 0 Å². The highest BCUT2D eigenvalue weighted by Gasteiger charge is 2.31. The van der Waals surface area contributed by atoms with Crippen LogP contribution in [-0.4, -0.2) is 17.3 Å². The third-order valence-electron chi connectivity index (χ3n) is 4.17. The first-order chi connectivity index (χ1) is 9.02. The summed E-state index contributed by atoms with van der Waals surface area (Å²) in [5, 5.41) is 22.7. The molecule has 1 aliphatic carbocycles. The van der Waals surface area contributed by atoms with Crippen LogP contribution in [0.2, 0.25) is 0 Å². The number of nitrogens with zero attached hydrogens (tertiary/aromatic N) is 1. The normalized spacial score (nSPS) is 26.7. The van der Waals surface area contributed by atoms with E-state index >= 15 is 0 Å². The molecular weight excluding hydrogens is 236 g/mol. The van der Waals surface area contributed by atoms with Gasteiger partial charge < -0.3 is 10.4 Å². The molecule has 0 bridgehead atoms. The van der Waals surface area contributed by atoms with E-state index in [9.17, 15) is 5.11 Å². The van der Waals surface area contributed by atoms with Gasteiger partial charge in [0, 0.05) is 12.2 Å². The van der Waals surface area contributed by atoms with E-state index in [1.807, 2.05) is 25.1 Å². The van der Waals surface area contributed by atoms with Crippen LogP contribution < -0.4 is 5.32 Å². The number of benzene rings is 1. The number of aliphatic hydroxyl groups is 1. The molecule has 0 saturated heterocycles. The molecule has 102 valence electrons. The summed E-state index contributed by atoms with van der Waals surface area (Å²) in [5.41, 5.74) is 2.07. The molecule has 19 heavy (non-hydrogen) atoms. The molecule has 1 fully saturated rings. The molecule has 1 saturated carbocycles. The highest BCUT2D eigenvalue weighted by Crippen LogP contribution is 2.32. The fourth-order valence-corrected chi connectivity index (χ4v) is 2.64. The first kappa shape index (κ1) is 13.9. The second-order valence-electron chi connectivity index (χ2n) is 5.90. The van der Waals surface area contributed by atoms with Crippen molar-refractivity contribution in [1.29, 1.82) is 5.26 Å². The molecule has 0 aromatic heterocycles. The number of nitriles is 1. The van der Waals surface area contributed by atoms with Gasteiger partial charge in [-0.05, 0) is 62.3 Å². The lowest BCUT2D eigenvalue weighted by Crippen LogP contribution is -2.40. The number of nitrogens with one attached hydrogen (secondary N) is 1. The van der Waals surface area contributed by atoms with Gasteiger partial charge in [0.2, 0.25) is 0 Å². The van der Waals surface area contributed by atoms with Gasteiger partial charge in [0.1, 0.15) is 0 Å². The molecule has 0 atom stereocenters. The topological polar surface area (TPSA) is 56.0 Å². The Morgan fingerprint density at radius 2 is 2.11 bits per heavy atom. The van der Waals surface area contributed by atoms with Crippen molar-refractivity contribution in [3.63, 3.8) is 0 Å². The lowest BCUT2D eigenvalue weighted by atomic mass is 9.79. The summed E-state index contributed by atoms with van der Waals surface area (Å²) < 4.78 is 0. The fourth-order valence-electron chi connectivity index (χ4n) is 2.64. The zero-order valence-corrected chi connectivity index (χ0v) is 11.7. The van der Waals surface area contributed by atoms with Crippen molar-refractivity contribution in [2.75, 3.05) is 11.9 Å². The van der Waals surface area contributed by atoms with Crippen LogP contribution in [0.15, 0.2) is 18.2 Å². The second-order valence-corrected chi connectivity index (χ2v) is 5.90. The van der Waals surface area contributed by atoms with E-state index in [1.165, 1.54) is 0 Å². The summed E-state index contributed by atoms with van der Waals surface area (Å²) in [5.74, 6) is 0.734. The van der Waals surface area contributed by atoms with E-state index < -0.39 is 5.60 Å². The summed E-state index contributed by atoms with van der Waals surface area (Å²) in [6.45, 7) is 4.77. The van der Waals surface area contributed by atoms with Gasteiger partial charge in [-0.15, -0.1) is 0 Å². The maximum absolute atomic E-state index is 10.5. The molecule has 0 radical (unpaired) electrons. The summed E-state index contributed by atoms with van der Waals surface area (Å²) in [7, 11) is 0. The van der Waals surface area contributed by atoms with Crippen LogP contribution in [-0.2, 0) is 0 Å². The molecule has 3 heteroatoms. The van der Waals surface area contributed by atoms with Gasteiger partial charge in [-0.3, -0.25) is 0 Å². The Morgan fingerprint density at radius 3 is 2.68 bits per heavy atom. The maximum atomic E-state index is 10.5. The predicted molar refractivity (Wildman–Crippen MR) is 77.0 cm³/mol. The highest BCUT2D eigenvalue weighted by atomic mass is 16.3. The quantitative estimate of drug-likeness (QED) is 0.875. The Hall–Kier alpha value is -1.53. The van der Waals surface area contributed by atoms with Crippen LogP contribution >= 0.6 is 0 Å². The smallest absolute Gasteiger partial charge is 0.0994 e. The van der Waals surface area contributed by atoms with Crippen molar-refractivity contribution < 1.29 is 5.11 Å². The lowest BCUT2D eigenvalue weighted by molar-refractivity contribution is 0.00501. The van der Waals surface area contributed by atoms with Crippen molar-refractivity contribution in [2.24, 2.45) is 5.92 Å². The van der Waals surface area contributed by atoms with Gasteiger partial charge in [0.05, 0.1) is 17.2 Å². The minimum atomic E-state index is -0.575. The van der Waals surface area contributed by atoms with E-state index in [2.05, 4.69) is 18.3 Å². The minimum absolute atomic E-state index is 0.575. The first-order valence-corrected chi connectivity index (χ1v) is 6.99. The van der Waals surface area contributed by atoms with Crippen LogP contribution in [0.25, 0.3) is 0 Å².